The fourth-order valence-electron chi connectivity index (χ4n) is 2.06. The average Bonchev–Trinajstić information content (AvgIpc) is 2.32. The van der Waals surface area contributed by atoms with E-state index in [1.165, 1.54) is 11.1 Å². The third kappa shape index (κ3) is 3.21. The van der Waals surface area contributed by atoms with E-state index >= 15 is 0 Å². The molecule has 0 radical (unpaired) electrons. The summed E-state index contributed by atoms with van der Waals surface area (Å²) in [6, 6.07) is 16.8. The highest BCUT2D eigenvalue weighted by molar-refractivity contribution is 9.10. The summed E-state index contributed by atoms with van der Waals surface area (Å²) in [5.74, 6) is 0. The molecule has 0 aliphatic carbocycles. The molecule has 2 rings (SSSR count). The van der Waals surface area contributed by atoms with Gasteiger partial charge in [0.1, 0.15) is 0 Å². The summed E-state index contributed by atoms with van der Waals surface area (Å²) in [6.45, 7) is 4.18. The second-order valence-corrected chi connectivity index (χ2v) is 6.00. The lowest BCUT2D eigenvalue weighted by atomic mass is 9.86. The lowest BCUT2D eigenvalue weighted by molar-refractivity contribution is 0.491. The van der Waals surface area contributed by atoms with Crippen molar-refractivity contribution in [2.75, 3.05) is 0 Å². The van der Waals surface area contributed by atoms with Gasteiger partial charge in [0.05, 0.1) is 0 Å². The van der Waals surface area contributed by atoms with Crippen LogP contribution in [0, 0.1) is 6.92 Å². The van der Waals surface area contributed by atoms with Crippen LogP contribution in [0.5, 0.6) is 0 Å². The molecule has 0 aromatic heterocycles. The Balaban J connectivity index is 2.20. The standard InChI is InChI=1S/C16H18BrN/c1-12-3-5-13(6-4-12)11-16(2,18)14-7-9-15(17)10-8-14/h3-10H,11,18H2,1-2H3. The molecule has 2 heteroatoms. The zero-order valence-corrected chi connectivity index (χ0v) is 12.4. The van der Waals surface area contributed by atoms with Crippen molar-refractivity contribution in [3.05, 3.63) is 69.7 Å². The van der Waals surface area contributed by atoms with E-state index in [0.29, 0.717) is 0 Å². The largest absolute Gasteiger partial charge is 0.321 e. The number of nitrogens with two attached hydrogens (primary N) is 1. The molecule has 94 valence electrons. The Hall–Kier alpha value is -1.12. The second kappa shape index (κ2) is 5.25. The first kappa shape index (κ1) is 13.3. The van der Waals surface area contributed by atoms with Crippen LogP contribution in [-0.4, -0.2) is 0 Å². The summed E-state index contributed by atoms with van der Waals surface area (Å²) < 4.78 is 1.08. The molecule has 1 atom stereocenters. The highest BCUT2D eigenvalue weighted by atomic mass is 79.9. The fourth-order valence-corrected chi connectivity index (χ4v) is 2.33. The molecule has 0 spiro atoms. The maximum atomic E-state index is 6.44. The predicted molar refractivity (Wildman–Crippen MR) is 80.6 cm³/mol. The fraction of sp³-hybridized carbons (Fsp3) is 0.250. The Kier molecular flexibility index (Phi) is 3.88. The molecule has 2 aromatic rings. The number of halogens is 1. The smallest absolute Gasteiger partial charge is 0.0421 e. The van der Waals surface area contributed by atoms with Crippen LogP contribution in [0.15, 0.2) is 53.0 Å². The Morgan fingerprint density at radius 2 is 1.56 bits per heavy atom. The van der Waals surface area contributed by atoms with Gasteiger partial charge in [-0.15, -0.1) is 0 Å². The van der Waals surface area contributed by atoms with Crippen LogP contribution in [-0.2, 0) is 12.0 Å². The molecular formula is C16H18BrN. The van der Waals surface area contributed by atoms with Gasteiger partial charge >= 0.3 is 0 Å². The van der Waals surface area contributed by atoms with Gasteiger partial charge in [-0.1, -0.05) is 57.9 Å². The number of hydrogen-bond acceptors (Lipinski definition) is 1. The Labute approximate surface area is 117 Å². The molecule has 0 aliphatic heterocycles. The zero-order chi connectivity index (χ0) is 13.2. The second-order valence-electron chi connectivity index (χ2n) is 5.09. The van der Waals surface area contributed by atoms with E-state index in [0.717, 1.165) is 16.5 Å². The number of hydrogen-bond donors (Lipinski definition) is 1. The summed E-state index contributed by atoms with van der Waals surface area (Å²) in [5.41, 5.74) is 9.81. The van der Waals surface area contributed by atoms with E-state index in [2.05, 4.69) is 66.2 Å². The highest BCUT2D eigenvalue weighted by Gasteiger charge is 2.21. The van der Waals surface area contributed by atoms with Gasteiger partial charge in [-0.05, 0) is 43.5 Å². The van der Waals surface area contributed by atoms with E-state index in [1.54, 1.807) is 0 Å². The van der Waals surface area contributed by atoms with Crippen LogP contribution in [0.25, 0.3) is 0 Å². The molecule has 18 heavy (non-hydrogen) atoms. The van der Waals surface area contributed by atoms with Gasteiger partial charge in [-0.25, -0.2) is 0 Å². The molecule has 0 heterocycles. The molecular weight excluding hydrogens is 286 g/mol. The quantitative estimate of drug-likeness (QED) is 0.904. The average molecular weight is 304 g/mol. The summed E-state index contributed by atoms with van der Waals surface area (Å²) >= 11 is 3.45. The van der Waals surface area contributed by atoms with Crippen molar-refractivity contribution < 1.29 is 0 Å². The molecule has 0 bridgehead atoms. The van der Waals surface area contributed by atoms with E-state index in [1.807, 2.05) is 12.1 Å². The van der Waals surface area contributed by atoms with Gasteiger partial charge < -0.3 is 5.73 Å². The first-order valence-electron chi connectivity index (χ1n) is 6.08. The topological polar surface area (TPSA) is 26.0 Å². The lowest BCUT2D eigenvalue weighted by Gasteiger charge is -2.25. The number of aryl methyl sites for hydroxylation is 1. The van der Waals surface area contributed by atoms with Crippen LogP contribution in [0.1, 0.15) is 23.6 Å². The monoisotopic (exact) mass is 303 g/mol. The molecule has 0 fully saturated rings. The molecule has 0 saturated heterocycles. The predicted octanol–water partition coefficient (Wildman–Crippen LogP) is 4.17. The normalized spacial score (nSPS) is 14.2. The third-order valence-corrected chi connectivity index (χ3v) is 3.72. The van der Waals surface area contributed by atoms with Crippen LogP contribution < -0.4 is 5.73 Å². The minimum absolute atomic E-state index is 0.337. The minimum atomic E-state index is -0.337. The number of benzene rings is 2. The van der Waals surface area contributed by atoms with Crippen molar-refractivity contribution in [1.29, 1.82) is 0 Å². The SMILES string of the molecule is Cc1ccc(CC(C)(N)c2ccc(Br)cc2)cc1. The van der Waals surface area contributed by atoms with Crippen LogP contribution in [0.2, 0.25) is 0 Å². The summed E-state index contributed by atoms with van der Waals surface area (Å²) in [7, 11) is 0. The van der Waals surface area contributed by atoms with Crippen molar-refractivity contribution in [2.24, 2.45) is 5.73 Å². The van der Waals surface area contributed by atoms with Gasteiger partial charge in [0, 0.05) is 10.0 Å². The van der Waals surface area contributed by atoms with Crippen molar-refractivity contribution in [1.82, 2.24) is 0 Å². The van der Waals surface area contributed by atoms with E-state index in [4.69, 9.17) is 5.73 Å². The van der Waals surface area contributed by atoms with Crippen molar-refractivity contribution in [3.8, 4) is 0 Å². The van der Waals surface area contributed by atoms with Crippen molar-refractivity contribution >= 4 is 15.9 Å². The first-order valence-corrected chi connectivity index (χ1v) is 6.87. The molecule has 0 saturated carbocycles. The van der Waals surface area contributed by atoms with E-state index < -0.39 is 0 Å². The van der Waals surface area contributed by atoms with Gasteiger partial charge in [-0.3, -0.25) is 0 Å². The highest BCUT2D eigenvalue weighted by Crippen LogP contribution is 2.24. The molecule has 2 aromatic carbocycles. The maximum absolute atomic E-state index is 6.44. The van der Waals surface area contributed by atoms with Crippen LogP contribution >= 0.6 is 15.9 Å². The molecule has 0 amide bonds. The van der Waals surface area contributed by atoms with Crippen molar-refractivity contribution in [2.45, 2.75) is 25.8 Å². The Morgan fingerprint density at radius 1 is 1.00 bits per heavy atom. The van der Waals surface area contributed by atoms with Crippen LogP contribution in [0.4, 0.5) is 0 Å². The third-order valence-electron chi connectivity index (χ3n) is 3.20. The Bertz CT molecular complexity index is 512. The minimum Gasteiger partial charge on any atom is -0.321 e. The molecule has 1 nitrogen and oxygen atoms in total. The van der Waals surface area contributed by atoms with Crippen LogP contribution in [0.3, 0.4) is 0 Å². The van der Waals surface area contributed by atoms with E-state index in [-0.39, 0.29) is 5.54 Å². The molecule has 1 unspecified atom stereocenters. The number of rotatable bonds is 3. The van der Waals surface area contributed by atoms with Gasteiger partial charge in [0.15, 0.2) is 0 Å². The summed E-state index contributed by atoms with van der Waals surface area (Å²) in [5, 5.41) is 0. The van der Waals surface area contributed by atoms with Gasteiger partial charge in [0.25, 0.3) is 0 Å². The van der Waals surface area contributed by atoms with E-state index in [9.17, 15) is 0 Å². The van der Waals surface area contributed by atoms with Gasteiger partial charge in [0.2, 0.25) is 0 Å². The Morgan fingerprint density at radius 3 is 2.11 bits per heavy atom. The molecule has 2 N–H and O–H groups in total. The maximum Gasteiger partial charge on any atom is 0.0421 e. The van der Waals surface area contributed by atoms with Crippen molar-refractivity contribution in [3.63, 3.8) is 0 Å². The zero-order valence-electron chi connectivity index (χ0n) is 10.8. The lowest BCUT2D eigenvalue weighted by Crippen LogP contribution is -2.35. The molecule has 0 aliphatic rings. The summed E-state index contributed by atoms with van der Waals surface area (Å²) in [6.07, 6.45) is 0.842. The van der Waals surface area contributed by atoms with Gasteiger partial charge in [-0.2, -0.15) is 0 Å². The summed E-state index contributed by atoms with van der Waals surface area (Å²) in [4.78, 5) is 0. The first-order chi connectivity index (χ1) is 8.47.